The van der Waals surface area contributed by atoms with E-state index in [1.54, 1.807) is 0 Å². The highest BCUT2D eigenvalue weighted by atomic mass is 32.2. The Morgan fingerprint density at radius 3 is 2.83 bits per heavy atom. The van der Waals surface area contributed by atoms with Crippen molar-refractivity contribution in [1.82, 2.24) is 4.98 Å². The van der Waals surface area contributed by atoms with Crippen molar-refractivity contribution in [1.29, 1.82) is 0 Å². The van der Waals surface area contributed by atoms with Gasteiger partial charge in [-0.05, 0) is 6.42 Å². The highest BCUT2D eigenvalue weighted by molar-refractivity contribution is 7.91. The zero-order valence-corrected chi connectivity index (χ0v) is 11.4. The number of methoxy groups -OCH3 is 1. The molecule has 1 aliphatic rings. The molecule has 18 heavy (non-hydrogen) atoms. The van der Waals surface area contributed by atoms with Crippen LogP contribution in [0.5, 0.6) is 0 Å². The molecule has 0 radical (unpaired) electrons. The summed E-state index contributed by atoms with van der Waals surface area (Å²) in [5.74, 6) is -1.01. The number of rotatable bonds is 4. The van der Waals surface area contributed by atoms with Crippen molar-refractivity contribution < 1.29 is 23.1 Å². The van der Waals surface area contributed by atoms with Crippen LogP contribution in [0.2, 0.25) is 0 Å². The van der Waals surface area contributed by atoms with E-state index < -0.39 is 15.8 Å². The number of nitrogens with zero attached hydrogens (tertiary/aromatic N) is 1. The summed E-state index contributed by atoms with van der Waals surface area (Å²) in [4.78, 5) is 15.4. The second-order valence-corrected chi connectivity index (χ2v) is 7.43. The summed E-state index contributed by atoms with van der Waals surface area (Å²) < 4.78 is 27.7. The highest BCUT2D eigenvalue weighted by Gasteiger charge is 2.32. The topological polar surface area (TPSA) is 93.6 Å². The minimum absolute atomic E-state index is 0.0615. The fourth-order valence-electron chi connectivity index (χ4n) is 1.94. The Labute approximate surface area is 109 Å². The third-order valence-corrected chi connectivity index (χ3v) is 5.79. The molecule has 0 spiro atoms. The van der Waals surface area contributed by atoms with E-state index in [0.29, 0.717) is 17.1 Å². The van der Waals surface area contributed by atoms with E-state index in [1.807, 2.05) is 0 Å². The molecule has 0 amide bonds. The molecule has 100 valence electrons. The van der Waals surface area contributed by atoms with Crippen LogP contribution in [0.15, 0.2) is 0 Å². The average Bonchev–Trinajstić information content (AvgIpc) is 2.82. The van der Waals surface area contributed by atoms with E-state index in [4.69, 9.17) is 9.84 Å². The number of aromatic carboxylic acids is 1. The van der Waals surface area contributed by atoms with Crippen molar-refractivity contribution in [2.45, 2.75) is 18.9 Å². The molecule has 1 fully saturated rings. The number of carbonyl (C=O) groups is 1. The van der Waals surface area contributed by atoms with Crippen LogP contribution in [0.25, 0.3) is 0 Å². The maximum Gasteiger partial charge on any atom is 0.347 e. The Hall–Kier alpha value is -0.990. The molecule has 1 aromatic rings. The largest absolute Gasteiger partial charge is 0.477 e. The van der Waals surface area contributed by atoms with Crippen LogP contribution in [0.1, 0.15) is 32.7 Å². The minimum atomic E-state index is -2.99. The maximum atomic E-state index is 11.4. The lowest BCUT2D eigenvalue weighted by molar-refractivity contribution is 0.0697. The molecule has 0 bridgehead atoms. The second-order valence-electron chi connectivity index (χ2n) is 4.17. The number of ether oxygens (including phenoxy) is 1. The molecule has 1 aliphatic heterocycles. The summed E-state index contributed by atoms with van der Waals surface area (Å²) in [5, 5.41) is 9.63. The number of hydrogen-bond donors (Lipinski definition) is 1. The quantitative estimate of drug-likeness (QED) is 0.885. The summed E-state index contributed by atoms with van der Waals surface area (Å²) in [5.41, 5.74) is 0.370. The SMILES string of the molecule is COCc1nc(C2CCS(=O)(=O)C2)sc1C(=O)O. The van der Waals surface area contributed by atoms with E-state index in [0.717, 1.165) is 11.3 Å². The molecular weight excluding hydrogens is 278 g/mol. The molecule has 2 heterocycles. The van der Waals surface area contributed by atoms with Crippen molar-refractivity contribution in [3.63, 3.8) is 0 Å². The lowest BCUT2D eigenvalue weighted by atomic mass is 10.1. The Kier molecular flexibility index (Phi) is 3.69. The van der Waals surface area contributed by atoms with Crippen LogP contribution in [-0.2, 0) is 21.2 Å². The number of thiazole rings is 1. The lowest BCUT2D eigenvalue weighted by Gasteiger charge is -2.00. The lowest BCUT2D eigenvalue weighted by Crippen LogP contribution is -2.03. The maximum absolute atomic E-state index is 11.4. The van der Waals surface area contributed by atoms with Crippen molar-refractivity contribution in [2.75, 3.05) is 18.6 Å². The van der Waals surface area contributed by atoms with E-state index >= 15 is 0 Å². The fourth-order valence-corrected chi connectivity index (χ4v) is 4.83. The summed E-state index contributed by atoms with van der Waals surface area (Å²) in [6, 6.07) is 0. The molecule has 0 saturated carbocycles. The van der Waals surface area contributed by atoms with E-state index in [-0.39, 0.29) is 28.9 Å². The zero-order valence-electron chi connectivity index (χ0n) is 9.75. The van der Waals surface area contributed by atoms with E-state index in [1.165, 1.54) is 7.11 Å². The zero-order chi connectivity index (χ0) is 13.3. The number of carboxylic acids is 1. The summed E-state index contributed by atoms with van der Waals surface area (Å²) in [7, 11) is -1.53. The number of hydrogen-bond acceptors (Lipinski definition) is 6. The number of carboxylic acid groups (broad SMARTS) is 1. The Bertz CT molecular complexity index is 563. The second kappa shape index (κ2) is 4.94. The van der Waals surface area contributed by atoms with Gasteiger partial charge in [-0.2, -0.15) is 0 Å². The van der Waals surface area contributed by atoms with Gasteiger partial charge in [0, 0.05) is 13.0 Å². The number of aromatic nitrogens is 1. The van der Waals surface area contributed by atoms with Crippen LogP contribution in [0.4, 0.5) is 0 Å². The molecule has 1 N–H and O–H groups in total. The summed E-state index contributed by atoms with van der Waals surface area (Å²) in [6.45, 7) is 0.123. The first-order valence-corrected chi connectivity index (χ1v) is 7.99. The van der Waals surface area contributed by atoms with E-state index in [2.05, 4.69) is 4.98 Å². The monoisotopic (exact) mass is 291 g/mol. The van der Waals surface area contributed by atoms with Gasteiger partial charge in [-0.1, -0.05) is 0 Å². The van der Waals surface area contributed by atoms with Crippen LogP contribution in [0.3, 0.4) is 0 Å². The molecule has 1 atom stereocenters. The smallest absolute Gasteiger partial charge is 0.347 e. The molecule has 0 aliphatic carbocycles. The van der Waals surface area contributed by atoms with Gasteiger partial charge in [0.25, 0.3) is 0 Å². The van der Waals surface area contributed by atoms with Crippen LogP contribution in [0, 0.1) is 0 Å². The van der Waals surface area contributed by atoms with Gasteiger partial charge in [-0.15, -0.1) is 11.3 Å². The molecule has 2 rings (SSSR count). The third kappa shape index (κ3) is 2.70. The van der Waals surface area contributed by atoms with Crippen LogP contribution in [-0.4, -0.2) is 43.1 Å². The molecule has 0 aromatic carbocycles. The first-order valence-electron chi connectivity index (χ1n) is 5.35. The standard InChI is InChI=1S/C10H13NO5S2/c1-16-4-7-8(10(12)13)17-9(11-7)6-2-3-18(14,15)5-6/h6H,2-5H2,1H3,(H,12,13). The number of sulfone groups is 1. The van der Waals surface area contributed by atoms with Gasteiger partial charge in [0.1, 0.15) is 4.88 Å². The summed E-state index contributed by atoms with van der Waals surface area (Å²) in [6.07, 6.45) is 0.515. The predicted octanol–water partition coefficient (Wildman–Crippen LogP) is 0.890. The van der Waals surface area contributed by atoms with Gasteiger partial charge < -0.3 is 9.84 Å². The summed E-state index contributed by atoms with van der Waals surface area (Å²) >= 11 is 1.05. The van der Waals surface area contributed by atoms with Gasteiger partial charge in [0.15, 0.2) is 9.84 Å². The first kappa shape index (κ1) is 13.4. The van der Waals surface area contributed by atoms with Crippen molar-refractivity contribution in [2.24, 2.45) is 0 Å². The van der Waals surface area contributed by atoms with Gasteiger partial charge in [-0.3, -0.25) is 0 Å². The molecule has 1 saturated heterocycles. The van der Waals surface area contributed by atoms with Gasteiger partial charge in [0.05, 0.1) is 28.8 Å². The molecule has 8 heteroatoms. The van der Waals surface area contributed by atoms with Crippen molar-refractivity contribution >= 4 is 27.1 Å². The molecular formula is C10H13NO5S2. The normalized spacial score (nSPS) is 22.2. The highest BCUT2D eigenvalue weighted by Crippen LogP contribution is 2.33. The fraction of sp³-hybridized carbons (Fsp3) is 0.600. The van der Waals surface area contributed by atoms with E-state index in [9.17, 15) is 13.2 Å². The van der Waals surface area contributed by atoms with Crippen LogP contribution >= 0.6 is 11.3 Å². The molecule has 1 aromatic heterocycles. The Balaban J connectivity index is 2.30. The van der Waals surface area contributed by atoms with Crippen molar-refractivity contribution in [3.8, 4) is 0 Å². The van der Waals surface area contributed by atoms with Crippen LogP contribution < -0.4 is 0 Å². The molecule has 1 unspecified atom stereocenters. The van der Waals surface area contributed by atoms with Gasteiger partial charge in [0.2, 0.25) is 0 Å². The minimum Gasteiger partial charge on any atom is -0.477 e. The third-order valence-electron chi connectivity index (χ3n) is 2.77. The predicted molar refractivity (Wildman–Crippen MR) is 65.8 cm³/mol. The molecule has 6 nitrogen and oxygen atoms in total. The Morgan fingerprint density at radius 2 is 2.33 bits per heavy atom. The average molecular weight is 291 g/mol. The van der Waals surface area contributed by atoms with Gasteiger partial charge >= 0.3 is 5.97 Å². The van der Waals surface area contributed by atoms with Gasteiger partial charge in [-0.25, -0.2) is 18.2 Å². The van der Waals surface area contributed by atoms with Crippen molar-refractivity contribution in [3.05, 3.63) is 15.6 Å². The Morgan fingerprint density at radius 1 is 1.61 bits per heavy atom. The first-order chi connectivity index (χ1) is 8.43.